The summed E-state index contributed by atoms with van der Waals surface area (Å²) in [5.41, 5.74) is 0. The third-order valence-corrected chi connectivity index (χ3v) is 3.16. The molecule has 0 saturated heterocycles. The second kappa shape index (κ2) is 5.71. The molecule has 0 spiro atoms. The van der Waals surface area contributed by atoms with Crippen molar-refractivity contribution in [3.05, 3.63) is 24.2 Å². The minimum atomic E-state index is -0.476. The van der Waals surface area contributed by atoms with Gasteiger partial charge in [0.25, 0.3) is 0 Å². The quantitative estimate of drug-likeness (QED) is 0.771. The van der Waals surface area contributed by atoms with Crippen LogP contribution in [0.5, 0.6) is 0 Å². The minimum absolute atomic E-state index is 0.168. The highest BCUT2D eigenvalue weighted by Gasteiger charge is 2.30. The molecule has 0 amide bonds. The fourth-order valence-corrected chi connectivity index (χ4v) is 2.24. The van der Waals surface area contributed by atoms with Gasteiger partial charge in [-0.2, -0.15) is 0 Å². The molecule has 1 aromatic heterocycles. The summed E-state index contributed by atoms with van der Waals surface area (Å²) >= 11 is 0. The third kappa shape index (κ3) is 2.91. The van der Waals surface area contributed by atoms with Gasteiger partial charge in [0.15, 0.2) is 0 Å². The van der Waals surface area contributed by atoms with Crippen LogP contribution >= 0.6 is 0 Å². The average molecular weight is 252 g/mol. The van der Waals surface area contributed by atoms with Gasteiger partial charge in [0.2, 0.25) is 5.76 Å². The van der Waals surface area contributed by atoms with E-state index in [1.807, 2.05) is 0 Å². The largest absolute Gasteiger partial charge is 0.469 e. The molecule has 1 heterocycles. The molecule has 2 atom stereocenters. The maximum absolute atomic E-state index is 11.7. The van der Waals surface area contributed by atoms with E-state index in [1.54, 1.807) is 12.1 Å². The highest BCUT2D eigenvalue weighted by Crippen LogP contribution is 2.27. The van der Waals surface area contributed by atoms with E-state index in [-0.39, 0.29) is 23.8 Å². The van der Waals surface area contributed by atoms with E-state index >= 15 is 0 Å². The number of rotatable bonds is 3. The number of carbonyl (C=O) groups is 2. The van der Waals surface area contributed by atoms with E-state index in [0.717, 1.165) is 19.3 Å². The molecule has 1 saturated carbocycles. The molecule has 0 N–H and O–H groups in total. The van der Waals surface area contributed by atoms with E-state index in [4.69, 9.17) is 13.9 Å². The Hall–Kier alpha value is -1.78. The van der Waals surface area contributed by atoms with Crippen molar-refractivity contribution < 1.29 is 23.5 Å². The molecular weight excluding hydrogens is 236 g/mol. The van der Waals surface area contributed by atoms with Crippen molar-refractivity contribution in [2.24, 2.45) is 5.92 Å². The highest BCUT2D eigenvalue weighted by atomic mass is 16.6. The van der Waals surface area contributed by atoms with Crippen LogP contribution in [0.1, 0.15) is 36.2 Å². The van der Waals surface area contributed by atoms with Gasteiger partial charge in [-0.15, -0.1) is 0 Å². The summed E-state index contributed by atoms with van der Waals surface area (Å²) in [6, 6.07) is 3.19. The standard InChI is InChI=1S/C13H16O5/c1-16-12(14)9-4-2-5-10(8-9)18-13(15)11-6-3-7-17-11/h3,6-7,9-10H,2,4-5,8H2,1H3/t9-,10-/m1/s1. The summed E-state index contributed by atoms with van der Waals surface area (Å²) in [4.78, 5) is 23.1. The van der Waals surface area contributed by atoms with Gasteiger partial charge < -0.3 is 13.9 Å². The van der Waals surface area contributed by atoms with Crippen LogP contribution < -0.4 is 0 Å². The normalized spacial score (nSPS) is 23.4. The van der Waals surface area contributed by atoms with E-state index in [0.29, 0.717) is 6.42 Å². The Morgan fingerprint density at radius 2 is 2.22 bits per heavy atom. The van der Waals surface area contributed by atoms with Crippen molar-refractivity contribution in [1.29, 1.82) is 0 Å². The molecule has 2 rings (SSSR count). The first-order valence-electron chi connectivity index (χ1n) is 6.03. The fourth-order valence-electron chi connectivity index (χ4n) is 2.24. The zero-order valence-corrected chi connectivity index (χ0v) is 10.3. The molecule has 0 radical (unpaired) electrons. The molecule has 5 heteroatoms. The van der Waals surface area contributed by atoms with Gasteiger partial charge in [-0.3, -0.25) is 4.79 Å². The predicted octanol–water partition coefficient (Wildman–Crippen LogP) is 2.17. The molecule has 1 aliphatic rings. The number of esters is 2. The van der Waals surface area contributed by atoms with Crippen LogP contribution in [0.3, 0.4) is 0 Å². The Labute approximate surface area is 105 Å². The molecule has 0 aromatic carbocycles. The smallest absolute Gasteiger partial charge is 0.374 e. The van der Waals surface area contributed by atoms with Crippen molar-refractivity contribution in [2.45, 2.75) is 31.8 Å². The molecule has 0 bridgehead atoms. The molecule has 5 nitrogen and oxygen atoms in total. The first kappa shape index (κ1) is 12.7. The number of carbonyl (C=O) groups excluding carboxylic acids is 2. The lowest BCUT2D eigenvalue weighted by Crippen LogP contribution is -2.30. The van der Waals surface area contributed by atoms with Gasteiger partial charge in [0.1, 0.15) is 6.10 Å². The summed E-state index contributed by atoms with van der Waals surface area (Å²) < 4.78 is 15.0. The summed E-state index contributed by atoms with van der Waals surface area (Å²) in [6.07, 6.45) is 4.14. The van der Waals surface area contributed by atoms with Crippen molar-refractivity contribution in [3.63, 3.8) is 0 Å². The van der Waals surface area contributed by atoms with Crippen molar-refractivity contribution >= 4 is 11.9 Å². The lowest BCUT2D eigenvalue weighted by molar-refractivity contribution is -0.148. The molecule has 1 aromatic rings. The maximum Gasteiger partial charge on any atom is 0.374 e. The molecule has 0 unspecified atom stereocenters. The lowest BCUT2D eigenvalue weighted by Gasteiger charge is -2.26. The number of hydrogen-bond donors (Lipinski definition) is 0. The number of ether oxygens (including phenoxy) is 2. The van der Waals surface area contributed by atoms with E-state index in [2.05, 4.69) is 0 Å². The SMILES string of the molecule is COC(=O)[C@@H]1CCC[C@@H](OC(=O)c2ccco2)C1. The fraction of sp³-hybridized carbons (Fsp3) is 0.538. The van der Waals surface area contributed by atoms with Crippen molar-refractivity contribution in [1.82, 2.24) is 0 Å². The van der Waals surface area contributed by atoms with Crippen LogP contribution in [0.4, 0.5) is 0 Å². The summed E-state index contributed by atoms with van der Waals surface area (Å²) in [5.74, 6) is -0.683. The third-order valence-electron chi connectivity index (χ3n) is 3.16. The summed E-state index contributed by atoms with van der Waals surface area (Å²) in [6.45, 7) is 0. The van der Waals surface area contributed by atoms with Gasteiger partial charge in [-0.05, 0) is 37.8 Å². The number of methoxy groups -OCH3 is 1. The second-order valence-corrected chi connectivity index (χ2v) is 4.39. The summed E-state index contributed by atoms with van der Waals surface area (Å²) in [5, 5.41) is 0. The zero-order chi connectivity index (χ0) is 13.0. The van der Waals surface area contributed by atoms with Crippen LogP contribution in [-0.2, 0) is 14.3 Å². The van der Waals surface area contributed by atoms with Gasteiger partial charge in [0, 0.05) is 0 Å². The van der Waals surface area contributed by atoms with Gasteiger partial charge in [-0.1, -0.05) is 0 Å². The van der Waals surface area contributed by atoms with Crippen molar-refractivity contribution in [3.8, 4) is 0 Å². The van der Waals surface area contributed by atoms with Gasteiger partial charge in [-0.25, -0.2) is 4.79 Å². The Balaban J connectivity index is 1.90. The molecule has 0 aliphatic heterocycles. The average Bonchev–Trinajstić information content (AvgIpc) is 2.92. The highest BCUT2D eigenvalue weighted by molar-refractivity contribution is 5.86. The van der Waals surface area contributed by atoms with Gasteiger partial charge in [0.05, 0.1) is 19.3 Å². The van der Waals surface area contributed by atoms with Gasteiger partial charge >= 0.3 is 11.9 Å². The Morgan fingerprint density at radius 1 is 1.39 bits per heavy atom. The Morgan fingerprint density at radius 3 is 2.89 bits per heavy atom. The molecule has 1 aliphatic carbocycles. The van der Waals surface area contributed by atoms with Crippen LogP contribution in [0, 0.1) is 5.92 Å². The van der Waals surface area contributed by atoms with E-state index in [9.17, 15) is 9.59 Å². The molecule has 1 fully saturated rings. The van der Waals surface area contributed by atoms with E-state index in [1.165, 1.54) is 13.4 Å². The minimum Gasteiger partial charge on any atom is -0.469 e. The number of hydrogen-bond acceptors (Lipinski definition) is 5. The van der Waals surface area contributed by atoms with Crippen LogP contribution in [0.2, 0.25) is 0 Å². The summed E-state index contributed by atoms with van der Waals surface area (Å²) in [7, 11) is 1.38. The topological polar surface area (TPSA) is 65.7 Å². The first-order valence-corrected chi connectivity index (χ1v) is 6.03. The first-order chi connectivity index (χ1) is 8.70. The monoisotopic (exact) mass is 252 g/mol. The van der Waals surface area contributed by atoms with Crippen LogP contribution in [-0.4, -0.2) is 25.2 Å². The molecule has 98 valence electrons. The lowest BCUT2D eigenvalue weighted by atomic mass is 9.87. The van der Waals surface area contributed by atoms with Crippen molar-refractivity contribution in [2.75, 3.05) is 7.11 Å². The maximum atomic E-state index is 11.7. The second-order valence-electron chi connectivity index (χ2n) is 4.39. The molecule has 18 heavy (non-hydrogen) atoms. The zero-order valence-electron chi connectivity index (χ0n) is 10.3. The Bertz CT molecular complexity index is 409. The number of furan rings is 1. The predicted molar refractivity (Wildman–Crippen MR) is 61.9 cm³/mol. The van der Waals surface area contributed by atoms with E-state index < -0.39 is 5.97 Å². The van der Waals surface area contributed by atoms with Crippen LogP contribution in [0.25, 0.3) is 0 Å². The molecular formula is C13H16O5. The Kier molecular flexibility index (Phi) is 4.02. The van der Waals surface area contributed by atoms with Crippen LogP contribution in [0.15, 0.2) is 22.8 Å².